The number of anilines is 2. The van der Waals surface area contributed by atoms with Crippen molar-refractivity contribution in [1.82, 2.24) is 19.8 Å². The lowest BCUT2D eigenvalue weighted by atomic mass is 9.94. The molecule has 3 N–H and O–H groups in total. The molecular formula is C32H31F2N7O2S. The topological polar surface area (TPSA) is 95.9 Å². The molecule has 1 saturated heterocycles. The average Bonchev–Trinajstić information content (AvgIpc) is 3.53. The molecule has 5 aromatic rings. The summed E-state index contributed by atoms with van der Waals surface area (Å²) >= 11 is 5.48. The van der Waals surface area contributed by atoms with Crippen LogP contribution >= 0.6 is 12.2 Å². The predicted octanol–water partition coefficient (Wildman–Crippen LogP) is 4.46. The molecule has 0 saturated carbocycles. The third-order valence-corrected chi connectivity index (χ3v) is 7.92. The summed E-state index contributed by atoms with van der Waals surface area (Å²) in [6.45, 7) is 2.46. The Hall–Kier alpha value is -4.65. The average molecular weight is 616 g/mol. The van der Waals surface area contributed by atoms with Gasteiger partial charge in [0.2, 0.25) is 0 Å². The molecule has 0 amide bonds. The fraction of sp³-hybridized carbons (Fsp3) is 0.219. The summed E-state index contributed by atoms with van der Waals surface area (Å²) in [5.41, 5.74) is 6.25. The minimum absolute atomic E-state index is 0.0987. The zero-order valence-corrected chi connectivity index (χ0v) is 24.6. The molecule has 1 unspecified atom stereocenters. The van der Waals surface area contributed by atoms with Gasteiger partial charge in [-0.2, -0.15) is 5.10 Å². The third kappa shape index (κ3) is 6.18. The number of halogens is 2. The van der Waals surface area contributed by atoms with Crippen LogP contribution in [-0.4, -0.2) is 62.8 Å². The molecule has 2 heterocycles. The van der Waals surface area contributed by atoms with Gasteiger partial charge in [0.25, 0.3) is 0 Å². The molecule has 9 nitrogen and oxygen atoms in total. The van der Waals surface area contributed by atoms with Crippen molar-refractivity contribution >= 4 is 39.5 Å². The van der Waals surface area contributed by atoms with E-state index >= 15 is 0 Å². The minimum atomic E-state index is -1.83. The highest BCUT2D eigenvalue weighted by Crippen LogP contribution is 2.31. The summed E-state index contributed by atoms with van der Waals surface area (Å²) < 4.78 is 35.6. The zero-order valence-electron chi connectivity index (χ0n) is 23.8. The molecule has 0 spiro atoms. The maximum Gasteiger partial charge on any atom is 0.185 e. The van der Waals surface area contributed by atoms with Crippen molar-refractivity contribution in [3.8, 4) is 5.75 Å². The van der Waals surface area contributed by atoms with Gasteiger partial charge in [0, 0.05) is 48.9 Å². The van der Waals surface area contributed by atoms with Gasteiger partial charge in [-0.1, -0.05) is 42.5 Å². The van der Waals surface area contributed by atoms with E-state index in [1.807, 2.05) is 41.4 Å². The van der Waals surface area contributed by atoms with Crippen molar-refractivity contribution < 1.29 is 18.6 Å². The molecule has 0 bridgehead atoms. The lowest BCUT2D eigenvalue weighted by Crippen LogP contribution is -2.57. The van der Waals surface area contributed by atoms with Gasteiger partial charge in [0.1, 0.15) is 42.2 Å². The number of aromatic nitrogens is 3. The fourth-order valence-corrected chi connectivity index (χ4v) is 5.79. The van der Waals surface area contributed by atoms with Crippen LogP contribution in [0.15, 0.2) is 97.6 Å². The quantitative estimate of drug-likeness (QED) is 0.233. The van der Waals surface area contributed by atoms with E-state index in [-0.39, 0.29) is 18.7 Å². The first-order chi connectivity index (χ1) is 21.3. The van der Waals surface area contributed by atoms with Crippen molar-refractivity contribution in [2.75, 3.05) is 42.7 Å². The Morgan fingerprint density at radius 3 is 2.43 bits per heavy atom. The molecule has 1 aliphatic rings. The Morgan fingerprint density at radius 2 is 1.73 bits per heavy atom. The predicted molar refractivity (Wildman–Crippen MR) is 169 cm³/mol. The molecule has 0 aliphatic carbocycles. The lowest BCUT2D eigenvalue weighted by Gasteiger charge is -2.42. The highest BCUT2D eigenvalue weighted by Gasteiger charge is 2.35. The van der Waals surface area contributed by atoms with E-state index < -0.39 is 17.2 Å². The number of ether oxygens (including phenoxy) is 1. The van der Waals surface area contributed by atoms with Crippen molar-refractivity contribution in [3.63, 3.8) is 0 Å². The van der Waals surface area contributed by atoms with Gasteiger partial charge >= 0.3 is 0 Å². The van der Waals surface area contributed by atoms with Crippen molar-refractivity contribution in [2.24, 2.45) is 5.73 Å². The molecule has 12 heteroatoms. The number of piperazine rings is 1. The smallest absolute Gasteiger partial charge is 0.185 e. The summed E-state index contributed by atoms with van der Waals surface area (Å²) in [5.74, 6) is -1.12. The van der Waals surface area contributed by atoms with Crippen LogP contribution in [0, 0.1) is 11.6 Å². The SMILES string of the molecule is NC(=S)N(c1cccc2ccccc12)N1CCN(c2ccc(OCC(O)(Cn3cncn3)c3ccc(F)cc3F)cc2)CC1. The maximum absolute atomic E-state index is 14.7. The van der Waals surface area contributed by atoms with Crippen LogP contribution in [0.3, 0.4) is 0 Å². The number of hydrogen-bond acceptors (Lipinski definition) is 7. The van der Waals surface area contributed by atoms with E-state index in [1.54, 1.807) is 12.1 Å². The Morgan fingerprint density at radius 1 is 0.977 bits per heavy atom. The molecule has 4 aromatic carbocycles. The van der Waals surface area contributed by atoms with Crippen LogP contribution in [0.5, 0.6) is 5.75 Å². The van der Waals surface area contributed by atoms with Crippen molar-refractivity contribution in [3.05, 3.63) is 115 Å². The van der Waals surface area contributed by atoms with Crippen molar-refractivity contribution in [2.45, 2.75) is 12.1 Å². The van der Waals surface area contributed by atoms with Gasteiger partial charge in [-0.3, -0.25) is 0 Å². The number of benzene rings is 4. The first-order valence-electron chi connectivity index (χ1n) is 14.1. The Labute approximate surface area is 258 Å². The normalized spacial score (nSPS) is 15.2. The summed E-state index contributed by atoms with van der Waals surface area (Å²) in [4.78, 5) is 6.14. The summed E-state index contributed by atoms with van der Waals surface area (Å²) in [7, 11) is 0. The monoisotopic (exact) mass is 615 g/mol. The second-order valence-corrected chi connectivity index (χ2v) is 11.0. The fourth-order valence-electron chi connectivity index (χ4n) is 5.57. The highest BCUT2D eigenvalue weighted by atomic mass is 32.1. The molecule has 6 rings (SSSR count). The third-order valence-electron chi connectivity index (χ3n) is 7.74. The first-order valence-corrected chi connectivity index (χ1v) is 14.5. The lowest BCUT2D eigenvalue weighted by molar-refractivity contribution is -0.0297. The Balaban J connectivity index is 1.12. The Bertz CT molecular complexity index is 1740. The number of hydrazine groups is 1. The first kappa shape index (κ1) is 29.4. The molecule has 1 aliphatic heterocycles. The zero-order chi connectivity index (χ0) is 30.7. The highest BCUT2D eigenvalue weighted by molar-refractivity contribution is 7.80. The number of fused-ring (bicyclic) bond motifs is 1. The van der Waals surface area contributed by atoms with E-state index in [0.29, 0.717) is 24.0 Å². The minimum Gasteiger partial charge on any atom is -0.490 e. The van der Waals surface area contributed by atoms with E-state index in [4.69, 9.17) is 22.7 Å². The van der Waals surface area contributed by atoms with E-state index in [1.165, 1.54) is 23.4 Å². The molecule has 226 valence electrons. The van der Waals surface area contributed by atoms with Gasteiger partial charge in [-0.15, -0.1) is 0 Å². The Kier molecular flexibility index (Phi) is 8.38. The van der Waals surface area contributed by atoms with E-state index in [9.17, 15) is 13.9 Å². The van der Waals surface area contributed by atoms with Gasteiger partial charge in [0.05, 0.1) is 12.2 Å². The number of aliphatic hydroxyl groups is 1. The van der Waals surface area contributed by atoms with Gasteiger partial charge in [0.15, 0.2) is 5.11 Å². The van der Waals surface area contributed by atoms with Crippen LogP contribution in [-0.2, 0) is 12.1 Å². The van der Waals surface area contributed by atoms with Gasteiger partial charge < -0.3 is 20.5 Å². The number of nitrogens with zero attached hydrogens (tertiary/aromatic N) is 6. The number of rotatable bonds is 9. The number of nitrogens with two attached hydrogens (primary N) is 1. The maximum atomic E-state index is 14.7. The van der Waals surface area contributed by atoms with Crippen molar-refractivity contribution in [1.29, 1.82) is 0 Å². The molecule has 1 fully saturated rings. The molecule has 1 aromatic heterocycles. The van der Waals surface area contributed by atoms with Crippen LogP contribution in [0.25, 0.3) is 10.8 Å². The summed E-state index contributed by atoms with van der Waals surface area (Å²) in [5, 5.41) is 22.1. The van der Waals surface area contributed by atoms with Gasteiger partial charge in [-0.25, -0.2) is 28.5 Å². The standard InChI is InChI=1S/C32H31F2N7O2S/c33-24-8-13-28(29(34)18-24)32(42,19-39-22-36-21-37-39)20-43-26-11-9-25(10-12-26)38-14-16-40(17-15-38)41(31(35)44)30-7-3-5-23-4-1-2-6-27(23)30/h1-13,18,21-22,42H,14-17,19-20H2,(H2,35,44). The van der Waals surface area contributed by atoms with Crippen LogP contribution in [0.2, 0.25) is 0 Å². The second kappa shape index (κ2) is 12.5. The van der Waals surface area contributed by atoms with Crippen LogP contribution in [0.1, 0.15) is 5.56 Å². The van der Waals surface area contributed by atoms with E-state index in [2.05, 4.69) is 38.2 Å². The molecule has 1 atom stereocenters. The largest absolute Gasteiger partial charge is 0.490 e. The molecular weight excluding hydrogens is 584 g/mol. The van der Waals surface area contributed by atoms with Crippen LogP contribution in [0.4, 0.5) is 20.2 Å². The molecule has 44 heavy (non-hydrogen) atoms. The van der Waals surface area contributed by atoms with Gasteiger partial charge in [-0.05, 0) is 54.0 Å². The summed E-state index contributed by atoms with van der Waals surface area (Å²) in [6.07, 6.45) is 2.72. The molecule has 0 radical (unpaired) electrons. The number of thiocarbonyl (C=S) groups is 1. The summed E-state index contributed by atoms with van der Waals surface area (Å²) in [6, 6.07) is 24.8. The second-order valence-electron chi connectivity index (χ2n) is 10.6. The van der Waals surface area contributed by atoms with E-state index in [0.717, 1.165) is 47.4 Å². The van der Waals surface area contributed by atoms with Crippen LogP contribution < -0.4 is 20.4 Å². The number of hydrogen-bond donors (Lipinski definition) is 2.